The topological polar surface area (TPSA) is 31.4 Å². The van der Waals surface area contributed by atoms with E-state index in [0.717, 1.165) is 65.2 Å². The lowest BCUT2D eigenvalue weighted by Crippen LogP contribution is -2.22. The van der Waals surface area contributed by atoms with Gasteiger partial charge < -0.3 is 9.47 Å². The van der Waals surface area contributed by atoms with Gasteiger partial charge in [-0.05, 0) is 110 Å². The van der Waals surface area contributed by atoms with Crippen LogP contribution < -0.4 is 9.47 Å². The number of thioether (sulfide) groups is 1. The number of benzene rings is 2. The largest absolute Gasteiger partial charge is 0.486 e. The third kappa shape index (κ3) is 5.27. The molecule has 3 aromatic rings. The van der Waals surface area contributed by atoms with Crippen LogP contribution in [-0.4, -0.2) is 22.6 Å². The molecule has 190 valence electrons. The summed E-state index contributed by atoms with van der Waals surface area (Å²) in [6, 6.07) is 15.6. The van der Waals surface area contributed by atoms with Gasteiger partial charge in [0.1, 0.15) is 23.8 Å². The highest BCUT2D eigenvalue weighted by Crippen LogP contribution is 2.56. The number of aryl methyl sites for hydroxylation is 1. The van der Waals surface area contributed by atoms with Gasteiger partial charge in [0.15, 0.2) is 0 Å². The first kappa shape index (κ1) is 25.1. The Hall–Kier alpha value is -2.53. The van der Waals surface area contributed by atoms with E-state index in [-0.39, 0.29) is 11.9 Å². The second-order valence-corrected chi connectivity index (χ2v) is 11.1. The zero-order valence-electron chi connectivity index (χ0n) is 21.7. The van der Waals surface area contributed by atoms with Crippen molar-refractivity contribution < 1.29 is 13.9 Å². The summed E-state index contributed by atoms with van der Waals surface area (Å²) in [5, 5.41) is 0. The normalized spacial score (nSPS) is 21.0. The fraction of sp³-hybridized carbons (Fsp3) is 0.452. The van der Waals surface area contributed by atoms with Crippen molar-refractivity contribution in [3.8, 4) is 22.8 Å². The first-order valence-electron chi connectivity index (χ1n) is 13.4. The molecular weight excluding hydrogens is 469 g/mol. The smallest absolute Gasteiger partial charge is 0.213 e. The van der Waals surface area contributed by atoms with Crippen LogP contribution in [0, 0.1) is 18.7 Å². The number of aromatic nitrogens is 1. The Balaban J connectivity index is 0.00000130. The average Bonchev–Trinajstić information content (AvgIpc) is 3.57. The Morgan fingerprint density at radius 3 is 2.61 bits per heavy atom. The average molecular weight is 506 g/mol. The predicted octanol–water partition coefficient (Wildman–Crippen LogP) is 8.30. The zero-order chi connectivity index (χ0) is 25.2. The molecule has 3 nitrogen and oxygen atoms in total. The summed E-state index contributed by atoms with van der Waals surface area (Å²) in [4.78, 5) is 4.70. The van der Waals surface area contributed by atoms with Crippen LogP contribution in [0.5, 0.6) is 11.6 Å². The maximum Gasteiger partial charge on any atom is 0.213 e. The second kappa shape index (κ2) is 10.8. The number of pyridine rings is 1. The van der Waals surface area contributed by atoms with Crippen LogP contribution >= 0.6 is 11.8 Å². The van der Waals surface area contributed by atoms with Gasteiger partial charge in [-0.15, -0.1) is 0 Å². The van der Waals surface area contributed by atoms with Crippen LogP contribution in [0.3, 0.4) is 0 Å². The molecule has 5 heteroatoms. The van der Waals surface area contributed by atoms with Crippen LogP contribution in [0.1, 0.15) is 74.4 Å². The van der Waals surface area contributed by atoms with Crippen molar-refractivity contribution in [2.45, 2.75) is 71.5 Å². The van der Waals surface area contributed by atoms with E-state index in [9.17, 15) is 4.39 Å². The molecule has 2 heterocycles. The zero-order valence-corrected chi connectivity index (χ0v) is 22.5. The third-order valence-corrected chi connectivity index (χ3v) is 8.54. The SMILES string of the molecule is CC.Cc1nc(OC2CCSCC2)ccc1-c1ccc(F)c(C(C)Oc2ccc3c(c2)CC2CC32)c1. The second-order valence-electron chi connectivity index (χ2n) is 9.88. The first-order valence-corrected chi connectivity index (χ1v) is 14.5. The van der Waals surface area contributed by atoms with Crippen LogP contribution in [0.2, 0.25) is 0 Å². The highest BCUT2D eigenvalue weighted by atomic mass is 32.2. The minimum absolute atomic E-state index is 0.249. The summed E-state index contributed by atoms with van der Waals surface area (Å²) in [6.07, 6.45) is 4.48. The molecule has 2 aliphatic carbocycles. The summed E-state index contributed by atoms with van der Waals surface area (Å²) >= 11 is 1.98. The molecule has 1 aliphatic heterocycles. The molecule has 0 amide bonds. The number of rotatable bonds is 6. The lowest BCUT2D eigenvalue weighted by molar-refractivity contribution is 0.184. The van der Waals surface area contributed by atoms with Gasteiger partial charge in [-0.25, -0.2) is 9.37 Å². The van der Waals surface area contributed by atoms with Gasteiger partial charge in [-0.3, -0.25) is 0 Å². The highest BCUT2D eigenvalue weighted by Gasteiger charge is 2.44. The summed E-state index contributed by atoms with van der Waals surface area (Å²) in [7, 11) is 0. The van der Waals surface area contributed by atoms with Crippen molar-refractivity contribution in [3.63, 3.8) is 0 Å². The maximum absolute atomic E-state index is 14.8. The number of ether oxygens (including phenoxy) is 2. The number of fused-ring (bicyclic) bond motifs is 3. The number of hydrogen-bond acceptors (Lipinski definition) is 4. The number of halogens is 1. The van der Waals surface area contributed by atoms with E-state index in [2.05, 4.69) is 12.1 Å². The van der Waals surface area contributed by atoms with Crippen molar-refractivity contribution in [1.29, 1.82) is 0 Å². The van der Waals surface area contributed by atoms with Crippen molar-refractivity contribution in [3.05, 3.63) is 76.7 Å². The van der Waals surface area contributed by atoms with Crippen molar-refractivity contribution in [2.24, 2.45) is 5.92 Å². The summed E-state index contributed by atoms with van der Waals surface area (Å²) in [5.41, 5.74) is 6.24. The molecule has 2 fully saturated rings. The van der Waals surface area contributed by atoms with Crippen molar-refractivity contribution in [1.82, 2.24) is 4.98 Å². The van der Waals surface area contributed by atoms with E-state index in [4.69, 9.17) is 14.5 Å². The van der Waals surface area contributed by atoms with Crippen LogP contribution in [0.4, 0.5) is 4.39 Å². The molecule has 3 unspecified atom stereocenters. The molecule has 6 rings (SSSR count). The van der Waals surface area contributed by atoms with Crippen LogP contribution in [-0.2, 0) is 6.42 Å². The molecule has 1 aromatic heterocycles. The van der Waals surface area contributed by atoms with Gasteiger partial charge in [0.05, 0.1) is 0 Å². The lowest BCUT2D eigenvalue weighted by atomic mass is 9.99. The van der Waals surface area contributed by atoms with Crippen LogP contribution in [0.15, 0.2) is 48.5 Å². The van der Waals surface area contributed by atoms with E-state index < -0.39 is 6.10 Å². The quantitative estimate of drug-likeness (QED) is 0.337. The van der Waals surface area contributed by atoms with Crippen molar-refractivity contribution in [2.75, 3.05) is 11.5 Å². The van der Waals surface area contributed by atoms with Crippen LogP contribution in [0.25, 0.3) is 11.1 Å². The Kier molecular flexibility index (Phi) is 7.57. The summed E-state index contributed by atoms with van der Waals surface area (Å²) < 4.78 is 27.1. The highest BCUT2D eigenvalue weighted by molar-refractivity contribution is 7.99. The Morgan fingerprint density at radius 2 is 1.83 bits per heavy atom. The Morgan fingerprint density at radius 1 is 1.03 bits per heavy atom. The molecule has 0 radical (unpaired) electrons. The Labute approximate surface area is 218 Å². The fourth-order valence-electron chi connectivity index (χ4n) is 5.49. The lowest BCUT2D eigenvalue weighted by Gasteiger charge is -2.22. The number of hydrogen-bond donors (Lipinski definition) is 0. The van der Waals surface area contributed by atoms with E-state index in [0.29, 0.717) is 11.4 Å². The minimum Gasteiger partial charge on any atom is -0.486 e. The standard InChI is InChI=1S/C29H30FNO2S.C2H6/c1-17-24(6-8-29(31-17)33-22-9-11-34-12-10-22)19-3-7-28(30)26(15-19)18(2)32-23-4-5-25-20(14-23)13-21-16-27(21)25;1-2/h3-8,14-15,18,21-22,27H,9-13,16H2,1-2H3;1-2H3. The summed E-state index contributed by atoms with van der Waals surface area (Å²) in [5.74, 6) is 5.14. The molecule has 1 saturated heterocycles. The van der Waals surface area contributed by atoms with Gasteiger partial charge >= 0.3 is 0 Å². The predicted molar refractivity (Wildman–Crippen MR) is 147 cm³/mol. The third-order valence-electron chi connectivity index (χ3n) is 7.49. The monoisotopic (exact) mass is 505 g/mol. The van der Waals surface area contributed by atoms with Gasteiger partial charge in [-0.1, -0.05) is 26.0 Å². The Bertz CT molecular complexity index is 1220. The molecule has 36 heavy (non-hydrogen) atoms. The molecule has 0 N–H and O–H groups in total. The molecular formula is C31H36FNO2S. The molecule has 0 bridgehead atoms. The van der Waals surface area contributed by atoms with Gasteiger partial charge in [0.25, 0.3) is 0 Å². The van der Waals surface area contributed by atoms with Crippen molar-refractivity contribution >= 4 is 11.8 Å². The molecule has 1 saturated carbocycles. The maximum atomic E-state index is 14.8. The molecule has 0 spiro atoms. The molecule has 2 aromatic carbocycles. The summed E-state index contributed by atoms with van der Waals surface area (Å²) in [6.45, 7) is 7.90. The first-order chi connectivity index (χ1) is 17.5. The molecule has 3 aliphatic rings. The van der Waals surface area contributed by atoms with Gasteiger partial charge in [-0.2, -0.15) is 11.8 Å². The minimum atomic E-state index is -0.394. The number of nitrogens with zero attached hydrogens (tertiary/aromatic N) is 1. The van der Waals surface area contributed by atoms with Gasteiger partial charge in [0, 0.05) is 22.9 Å². The van der Waals surface area contributed by atoms with Gasteiger partial charge in [0.2, 0.25) is 5.88 Å². The fourth-order valence-corrected chi connectivity index (χ4v) is 6.56. The van der Waals surface area contributed by atoms with E-state index in [1.807, 2.05) is 69.8 Å². The molecule has 3 atom stereocenters. The van der Waals surface area contributed by atoms with E-state index in [1.54, 1.807) is 0 Å². The van der Waals surface area contributed by atoms with E-state index >= 15 is 0 Å². The van der Waals surface area contributed by atoms with E-state index in [1.165, 1.54) is 23.6 Å².